The predicted octanol–water partition coefficient (Wildman–Crippen LogP) is 1.25. The highest BCUT2D eigenvalue weighted by Crippen LogP contribution is 2.08. The van der Waals surface area contributed by atoms with Gasteiger partial charge in [0.15, 0.2) is 5.16 Å². The lowest BCUT2D eigenvalue weighted by Crippen LogP contribution is -2.07. The number of nitrogens with one attached hydrogen (secondary N) is 1. The predicted molar refractivity (Wildman–Crippen MR) is 66.1 cm³/mol. The first-order valence-electron chi connectivity index (χ1n) is 4.72. The third kappa shape index (κ3) is 6.26. The van der Waals surface area contributed by atoms with E-state index in [4.69, 9.17) is 9.47 Å². The van der Waals surface area contributed by atoms with Gasteiger partial charge in [-0.25, -0.2) is 4.98 Å². The fraction of sp³-hybridized carbons (Fsp3) is 0.556. The van der Waals surface area contributed by atoms with E-state index in [-0.39, 0.29) is 5.56 Å². The Labute approximate surface area is 106 Å². The third-order valence-corrected chi connectivity index (χ3v) is 2.68. The van der Waals surface area contributed by atoms with Gasteiger partial charge in [-0.05, 0) is 0 Å². The minimum absolute atomic E-state index is 0.140. The van der Waals surface area contributed by atoms with E-state index in [0.29, 0.717) is 25.2 Å². The maximum Gasteiger partial charge on any atom is 0.251 e. The van der Waals surface area contributed by atoms with Crippen LogP contribution in [0.5, 0.6) is 0 Å². The van der Waals surface area contributed by atoms with Gasteiger partial charge in [-0.3, -0.25) is 4.79 Å². The molecule has 0 spiro atoms. The van der Waals surface area contributed by atoms with E-state index in [1.807, 2.05) is 0 Å². The van der Waals surface area contributed by atoms with Gasteiger partial charge >= 0.3 is 0 Å². The molecule has 0 aliphatic heterocycles. The molecular formula is C9H13BrN2O3S. The number of aromatic nitrogens is 2. The molecule has 0 radical (unpaired) electrons. The van der Waals surface area contributed by atoms with Crippen LogP contribution >= 0.6 is 27.7 Å². The molecule has 7 heteroatoms. The Morgan fingerprint density at radius 2 is 2.25 bits per heavy atom. The molecule has 1 aromatic rings. The van der Waals surface area contributed by atoms with E-state index in [1.54, 1.807) is 0 Å². The van der Waals surface area contributed by atoms with Crippen molar-refractivity contribution >= 4 is 27.7 Å². The zero-order valence-corrected chi connectivity index (χ0v) is 11.1. The molecule has 0 aliphatic carbocycles. The molecule has 1 N–H and O–H groups in total. The van der Waals surface area contributed by atoms with Crippen LogP contribution in [0.15, 0.2) is 22.2 Å². The van der Waals surface area contributed by atoms with Gasteiger partial charge in [0.1, 0.15) is 6.79 Å². The lowest BCUT2D eigenvalue weighted by molar-refractivity contribution is -0.0424. The normalized spacial score (nSPS) is 10.6. The first-order valence-corrected chi connectivity index (χ1v) is 6.83. The Balaban J connectivity index is 2.05. The number of hydrogen-bond acceptors (Lipinski definition) is 5. The van der Waals surface area contributed by atoms with Crippen molar-refractivity contribution in [1.82, 2.24) is 9.97 Å². The van der Waals surface area contributed by atoms with Crippen molar-refractivity contribution in [2.24, 2.45) is 0 Å². The molecule has 0 unspecified atom stereocenters. The Morgan fingerprint density at radius 1 is 1.44 bits per heavy atom. The Kier molecular flexibility index (Phi) is 7.48. The summed E-state index contributed by atoms with van der Waals surface area (Å²) in [5, 5.41) is 1.41. The summed E-state index contributed by atoms with van der Waals surface area (Å²) < 4.78 is 10.3. The summed E-state index contributed by atoms with van der Waals surface area (Å²) in [6.45, 7) is 1.50. The topological polar surface area (TPSA) is 64.2 Å². The Bertz CT molecular complexity index is 348. The van der Waals surface area contributed by atoms with Crippen molar-refractivity contribution in [2.45, 2.75) is 5.16 Å². The van der Waals surface area contributed by atoms with E-state index in [0.717, 1.165) is 11.1 Å². The van der Waals surface area contributed by atoms with Crippen LogP contribution in [-0.4, -0.2) is 41.1 Å². The van der Waals surface area contributed by atoms with Crippen LogP contribution in [-0.2, 0) is 9.47 Å². The zero-order valence-electron chi connectivity index (χ0n) is 8.65. The van der Waals surface area contributed by atoms with Gasteiger partial charge < -0.3 is 14.5 Å². The number of thioether (sulfide) groups is 1. The summed E-state index contributed by atoms with van der Waals surface area (Å²) in [6, 6.07) is 1.38. The van der Waals surface area contributed by atoms with Gasteiger partial charge in [0.25, 0.3) is 5.56 Å². The number of nitrogens with zero attached hydrogens (tertiary/aromatic N) is 1. The summed E-state index contributed by atoms with van der Waals surface area (Å²) in [5.74, 6) is 0.727. The number of halogens is 1. The van der Waals surface area contributed by atoms with Crippen LogP contribution in [0.4, 0.5) is 0 Å². The Morgan fingerprint density at radius 3 is 3.00 bits per heavy atom. The molecule has 5 nitrogen and oxygen atoms in total. The summed E-state index contributed by atoms with van der Waals surface area (Å²) in [6.07, 6.45) is 1.49. The fourth-order valence-electron chi connectivity index (χ4n) is 0.854. The lowest BCUT2D eigenvalue weighted by Gasteiger charge is -2.03. The van der Waals surface area contributed by atoms with E-state index in [1.165, 1.54) is 24.0 Å². The molecule has 1 aromatic heterocycles. The number of alkyl halides is 1. The van der Waals surface area contributed by atoms with Crippen LogP contribution in [0.3, 0.4) is 0 Å². The molecule has 0 aromatic carbocycles. The number of aromatic amines is 1. The number of rotatable bonds is 8. The van der Waals surface area contributed by atoms with Crippen molar-refractivity contribution in [3.8, 4) is 0 Å². The summed E-state index contributed by atoms with van der Waals surface area (Å²) in [7, 11) is 0. The first kappa shape index (κ1) is 13.7. The van der Waals surface area contributed by atoms with Gasteiger partial charge in [-0.1, -0.05) is 27.7 Å². The van der Waals surface area contributed by atoms with Crippen molar-refractivity contribution in [3.63, 3.8) is 0 Å². The maximum atomic E-state index is 10.9. The zero-order chi connectivity index (χ0) is 11.6. The second kappa shape index (κ2) is 8.74. The molecule has 0 amide bonds. The van der Waals surface area contributed by atoms with Gasteiger partial charge in [0.2, 0.25) is 0 Å². The van der Waals surface area contributed by atoms with Crippen LogP contribution in [0.25, 0.3) is 0 Å². The SMILES string of the molecule is O=c1ccnc(SCCOCOCCBr)[nH]1. The third-order valence-electron chi connectivity index (χ3n) is 1.50. The van der Waals surface area contributed by atoms with Gasteiger partial charge in [0.05, 0.1) is 13.2 Å². The van der Waals surface area contributed by atoms with Crippen molar-refractivity contribution in [1.29, 1.82) is 0 Å². The second-order valence-corrected chi connectivity index (χ2v) is 4.59. The van der Waals surface area contributed by atoms with Crippen molar-refractivity contribution in [3.05, 3.63) is 22.6 Å². The van der Waals surface area contributed by atoms with E-state index >= 15 is 0 Å². The number of H-pyrrole nitrogens is 1. The highest BCUT2D eigenvalue weighted by molar-refractivity contribution is 9.09. The monoisotopic (exact) mass is 308 g/mol. The minimum Gasteiger partial charge on any atom is -0.355 e. The van der Waals surface area contributed by atoms with Gasteiger partial charge in [-0.15, -0.1) is 0 Å². The quantitative estimate of drug-likeness (QED) is 0.257. The highest BCUT2D eigenvalue weighted by atomic mass is 79.9. The summed E-state index contributed by atoms with van der Waals surface area (Å²) in [5.41, 5.74) is -0.140. The standard InChI is InChI=1S/C9H13BrN2O3S/c10-2-4-14-7-15-5-6-16-9-11-3-1-8(13)12-9/h1,3H,2,4-7H2,(H,11,12,13). The minimum atomic E-state index is -0.140. The molecule has 0 saturated heterocycles. The molecule has 0 aliphatic rings. The van der Waals surface area contributed by atoms with Gasteiger partial charge in [0, 0.05) is 23.3 Å². The second-order valence-electron chi connectivity index (χ2n) is 2.71. The van der Waals surface area contributed by atoms with Crippen molar-refractivity contribution < 1.29 is 9.47 Å². The number of ether oxygens (including phenoxy) is 2. The average molecular weight is 309 g/mol. The molecule has 0 atom stereocenters. The molecule has 0 saturated carbocycles. The molecule has 0 fully saturated rings. The Hall–Kier alpha value is -0.370. The van der Waals surface area contributed by atoms with Crippen LogP contribution in [0.2, 0.25) is 0 Å². The summed E-state index contributed by atoms with van der Waals surface area (Å²) >= 11 is 4.68. The van der Waals surface area contributed by atoms with Gasteiger partial charge in [-0.2, -0.15) is 0 Å². The van der Waals surface area contributed by atoms with Crippen LogP contribution in [0.1, 0.15) is 0 Å². The maximum absolute atomic E-state index is 10.9. The lowest BCUT2D eigenvalue weighted by atomic mass is 10.7. The number of hydrogen-bond donors (Lipinski definition) is 1. The fourth-order valence-corrected chi connectivity index (χ4v) is 1.79. The van der Waals surface area contributed by atoms with Crippen LogP contribution < -0.4 is 5.56 Å². The first-order chi connectivity index (χ1) is 7.83. The summed E-state index contributed by atoms with van der Waals surface area (Å²) in [4.78, 5) is 17.6. The van der Waals surface area contributed by atoms with Crippen molar-refractivity contribution in [2.75, 3.05) is 31.1 Å². The van der Waals surface area contributed by atoms with E-state index in [9.17, 15) is 4.79 Å². The molecular weight excluding hydrogens is 296 g/mol. The molecule has 16 heavy (non-hydrogen) atoms. The molecule has 1 heterocycles. The average Bonchev–Trinajstić information content (AvgIpc) is 2.28. The molecule has 0 bridgehead atoms. The highest BCUT2D eigenvalue weighted by Gasteiger charge is 1.96. The largest absolute Gasteiger partial charge is 0.355 e. The van der Waals surface area contributed by atoms with E-state index < -0.39 is 0 Å². The molecule has 1 rings (SSSR count). The molecule has 90 valence electrons. The van der Waals surface area contributed by atoms with Crippen LogP contribution in [0, 0.1) is 0 Å². The smallest absolute Gasteiger partial charge is 0.251 e. The van der Waals surface area contributed by atoms with E-state index in [2.05, 4.69) is 25.9 Å².